The quantitative estimate of drug-likeness (QED) is 0.847. The fraction of sp³-hybridized carbons (Fsp3) is 0.357. The lowest BCUT2D eigenvalue weighted by atomic mass is 10.1. The van der Waals surface area contributed by atoms with Gasteiger partial charge in [-0.25, -0.2) is 4.98 Å². The fourth-order valence-electron chi connectivity index (χ4n) is 2.48. The maximum absolute atomic E-state index is 9.25. The Morgan fingerprint density at radius 2 is 2.11 bits per heavy atom. The Kier molecular flexibility index (Phi) is 2.80. The highest BCUT2D eigenvalue weighted by molar-refractivity contribution is 5.28. The molecule has 1 unspecified atom stereocenters. The van der Waals surface area contributed by atoms with Crippen molar-refractivity contribution in [2.75, 3.05) is 0 Å². The standard InChI is InChI=1S/C14H17N3O/c15-13-2-1-7-17-9-11(16-14(13)17)8-10-3-5-12(18)6-4-10/h3-6,9,13,18H,1-2,7-8,15H2. The van der Waals surface area contributed by atoms with Crippen LogP contribution >= 0.6 is 0 Å². The summed E-state index contributed by atoms with van der Waals surface area (Å²) in [7, 11) is 0. The highest BCUT2D eigenvalue weighted by Gasteiger charge is 2.19. The van der Waals surface area contributed by atoms with Crippen LogP contribution in [0.3, 0.4) is 0 Å². The highest BCUT2D eigenvalue weighted by atomic mass is 16.3. The van der Waals surface area contributed by atoms with Crippen LogP contribution in [-0.4, -0.2) is 14.7 Å². The molecule has 1 aromatic carbocycles. The van der Waals surface area contributed by atoms with Crippen molar-refractivity contribution >= 4 is 0 Å². The van der Waals surface area contributed by atoms with Gasteiger partial charge >= 0.3 is 0 Å². The average Bonchev–Trinajstić information content (AvgIpc) is 2.76. The number of imidazole rings is 1. The average molecular weight is 243 g/mol. The lowest BCUT2D eigenvalue weighted by Gasteiger charge is -2.19. The van der Waals surface area contributed by atoms with Crippen molar-refractivity contribution in [3.63, 3.8) is 0 Å². The van der Waals surface area contributed by atoms with Crippen molar-refractivity contribution in [2.45, 2.75) is 31.8 Å². The summed E-state index contributed by atoms with van der Waals surface area (Å²) in [6, 6.07) is 7.34. The molecule has 0 aliphatic carbocycles. The first-order valence-electron chi connectivity index (χ1n) is 6.32. The van der Waals surface area contributed by atoms with Gasteiger partial charge in [0, 0.05) is 19.2 Å². The Hall–Kier alpha value is -1.81. The normalized spacial score (nSPS) is 18.6. The Balaban J connectivity index is 1.83. The summed E-state index contributed by atoms with van der Waals surface area (Å²) in [5.41, 5.74) is 8.26. The number of rotatable bonds is 2. The first-order chi connectivity index (χ1) is 8.72. The largest absolute Gasteiger partial charge is 0.508 e. The first kappa shape index (κ1) is 11.3. The second-order valence-electron chi connectivity index (χ2n) is 4.88. The zero-order chi connectivity index (χ0) is 12.5. The second-order valence-corrected chi connectivity index (χ2v) is 4.88. The van der Waals surface area contributed by atoms with E-state index >= 15 is 0 Å². The van der Waals surface area contributed by atoms with Gasteiger partial charge in [-0.2, -0.15) is 0 Å². The first-order valence-corrected chi connectivity index (χ1v) is 6.32. The molecule has 0 amide bonds. The van der Waals surface area contributed by atoms with Gasteiger partial charge in [-0.05, 0) is 30.5 Å². The lowest BCUT2D eigenvalue weighted by molar-refractivity contribution is 0.451. The summed E-state index contributed by atoms with van der Waals surface area (Å²) in [6.07, 6.45) is 5.03. The van der Waals surface area contributed by atoms with Crippen molar-refractivity contribution in [3.05, 3.63) is 47.5 Å². The van der Waals surface area contributed by atoms with Gasteiger partial charge in [0.1, 0.15) is 11.6 Å². The van der Waals surface area contributed by atoms with Crippen LogP contribution in [0.4, 0.5) is 0 Å². The van der Waals surface area contributed by atoms with Crippen LogP contribution in [0, 0.1) is 0 Å². The van der Waals surface area contributed by atoms with Gasteiger partial charge in [0.05, 0.1) is 11.7 Å². The number of aryl methyl sites for hydroxylation is 1. The SMILES string of the molecule is NC1CCCn2cc(Cc3ccc(O)cc3)nc21. The number of hydrogen-bond acceptors (Lipinski definition) is 3. The van der Waals surface area contributed by atoms with Gasteiger partial charge < -0.3 is 15.4 Å². The molecule has 0 fully saturated rings. The molecule has 1 aliphatic rings. The molecule has 0 radical (unpaired) electrons. The minimum absolute atomic E-state index is 0.0762. The van der Waals surface area contributed by atoms with Gasteiger partial charge in [0.25, 0.3) is 0 Å². The smallest absolute Gasteiger partial charge is 0.125 e. The van der Waals surface area contributed by atoms with Crippen molar-refractivity contribution in [1.82, 2.24) is 9.55 Å². The predicted octanol–water partition coefficient (Wildman–Crippen LogP) is 1.97. The third-order valence-corrected chi connectivity index (χ3v) is 3.42. The summed E-state index contributed by atoms with van der Waals surface area (Å²) < 4.78 is 2.17. The Labute approximate surface area is 106 Å². The van der Waals surface area contributed by atoms with E-state index in [1.807, 2.05) is 12.1 Å². The molecule has 94 valence electrons. The van der Waals surface area contributed by atoms with E-state index in [0.29, 0.717) is 5.75 Å². The van der Waals surface area contributed by atoms with E-state index in [0.717, 1.165) is 42.9 Å². The van der Waals surface area contributed by atoms with E-state index in [-0.39, 0.29) is 6.04 Å². The Morgan fingerprint density at radius 3 is 2.83 bits per heavy atom. The molecule has 4 heteroatoms. The molecule has 0 saturated carbocycles. The maximum atomic E-state index is 9.25. The van der Waals surface area contributed by atoms with Gasteiger partial charge in [-0.15, -0.1) is 0 Å². The zero-order valence-corrected chi connectivity index (χ0v) is 10.2. The molecule has 3 N–H and O–H groups in total. The van der Waals surface area contributed by atoms with Gasteiger partial charge in [-0.1, -0.05) is 12.1 Å². The molecule has 2 aromatic rings. The third kappa shape index (κ3) is 2.11. The minimum atomic E-state index is 0.0762. The number of phenols is 1. The molecular weight excluding hydrogens is 226 g/mol. The number of fused-ring (bicyclic) bond motifs is 1. The molecule has 0 bridgehead atoms. The lowest BCUT2D eigenvalue weighted by Crippen LogP contribution is -2.21. The molecule has 4 nitrogen and oxygen atoms in total. The van der Waals surface area contributed by atoms with Crippen LogP contribution in [0.15, 0.2) is 30.5 Å². The second kappa shape index (κ2) is 4.46. The minimum Gasteiger partial charge on any atom is -0.508 e. The molecule has 18 heavy (non-hydrogen) atoms. The van der Waals surface area contributed by atoms with Crippen LogP contribution in [-0.2, 0) is 13.0 Å². The topological polar surface area (TPSA) is 64.1 Å². The van der Waals surface area contributed by atoms with E-state index in [1.165, 1.54) is 0 Å². The molecule has 1 aromatic heterocycles. The fourth-order valence-corrected chi connectivity index (χ4v) is 2.48. The summed E-state index contributed by atoms with van der Waals surface area (Å²) in [6.45, 7) is 1.02. The summed E-state index contributed by atoms with van der Waals surface area (Å²) >= 11 is 0. The third-order valence-electron chi connectivity index (χ3n) is 3.42. The molecule has 0 spiro atoms. The molecule has 1 aliphatic heterocycles. The molecule has 1 atom stereocenters. The van der Waals surface area contributed by atoms with Gasteiger partial charge in [-0.3, -0.25) is 0 Å². The molecule has 2 heterocycles. The van der Waals surface area contributed by atoms with Crippen molar-refractivity contribution in [2.24, 2.45) is 5.73 Å². The summed E-state index contributed by atoms with van der Waals surface area (Å²) in [5, 5.41) is 9.25. The number of benzene rings is 1. The molecular formula is C14H17N3O. The van der Waals surface area contributed by atoms with E-state index in [1.54, 1.807) is 12.1 Å². The van der Waals surface area contributed by atoms with E-state index in [9.17, 15) is 5.11 Å². The van der Waals surface area contributed by atoms with Crippen LogP contribution in [0.1, 0.15) is 36.0 Å². The Morgan fingerprint density at radius 1 is 1.33 bits per heavy atom. The number of hydrogen-bond donors (Lipinski definition) is 2. The maximum Gasteiger partial charge on any atom is 0.125 e. The number of nitrogens with zero attached hydrogens (tertiary/aromatic N) is 2. The van der Waals surface area contributed by atoms with Crippen LogP contribution < -0.4 is 5.73 Å². The van der Waals surface area contributed by atoms with E-state index in [4.69, 9.17) is 5.73 Å². The summed E-state index contributed by atoms with van der Waals surface area (Å²) in [4.78, 5) is 4.62. The van der Waals surface area contributed by atoms with Crippen molar-refractivity contribution in [3.8, 4) is 5.75 Å². The van der Waals surface area contributed by atoms with Crippen LogP contribution in [0.5, 0.6) is 5.75 Å². The monoisotopic (exact) mass is 243 g/mol. The van der Waals surface area contributed by atoms with Gasteiger partial charge in [0.15, 0.2) is 0 Å². The number of aromatic hydroxyl groups is 1. The van der Waals surface area contributed by atoms with Gasteiger partial charge in [0.2, 0.25) is 0 Å². The van der Waals surface area contributed by atoms with Crippen molar-refractivity contribution in [1.29, 1.82) is 0 Å². The van der Waals surface area contributed by atoms with Crippen molar-refractivity contribution < 1.29 is 5.11 Å². The molecule has 0 saturated heterocycles. The van der Waals surface area contributed by atoms with Crippen LogP contribution in [0.25, 0.3) is 0 Å². The van der Waals surface area contributed by atoms with E-state index < -0.39 is 0 Å². The number of nitrogens with two attached hydrogens (primary N) is 1. The zero-order valence-electron chi connectivity index (χ0n) is 10.2. The molecule has 3 rings (SSSR count). The predicted molar refractivity (Wildman–Crippen MR) is 69.3 cm³/mol. The highest BCUT2D eigenvalue weighted by Crippen LogP contribution is 2.23. The summed E-state index contributed by atoms with van der Waals surface area (Å²) in [5.74, 6) is 1.31. The van der Waals surface area contributed by atoms with E-state index in [2.05, 4.69) is 15.7 Å². The van der Waals surface area contributed by atoms with Crippen LogP contribution in [0.2, 0.25) is 0 Å². The number of aromatic nitrogens is 2. The Bertz CT molecular complexity index is 545. The number of phenolic OH excluding ortho intramolecular Hbond substituents is 1.